The molecule has 1 aliphatic carbocycles. The zero-order chi connectivity index (χ0) is 12.3. The fourth-order valence-electron chi connectivity index (χ4n) is 2.40. The molecule has 17 heavy (non-hydrogen) atoms. The zero-order valence-corrected chi connectivity index (χ0v) is 10.0. The highest BCUT2D eigenvalue weighted by molar-refractivity contribution is 5.93. The maximum absolute atomic E-state index is 11.8. The molecule has 0 aromatic carbocycles. The van der Waals surface area contributed by atoms with E-state index in [0.717, 1.165) is 12.5 Å². The molecule has 2 unspecified atom stereocenters. The summed E-state index contributed by atoms with van der Waals surface area (Å²) in [6, 6.07) is 2.91. The van der Waals surface area contributed by atoms with Crippen LogP contribution in [-0.4, -0.2) is 17.4 Å². The van der Waals surface area contributed by atoms with Crippen LogP contribution in [0.4, 0.5) is 0 Å². The Kier molecular flexibility index (Phi) is 3.61. The molecule has 4 nitrogen and oxygen atoms in total. The molecule has 4 heteroatoms. The minimum atomic E-state index is -0.189. The van der Waals surface area contributed by atoms with E-state index in [1.54, 1.807) is 6.07 Å². The van der Waals surface area contributed by atoms with E-state index in [1.807, 2.05) is 0 Å². The number of amides is 1. The molecule has 1 aliphatic rings. The van der Waals surface area contributed by atoms with Crippen molar-refractivity contribution in [3.63, 3.8) is 0 Å². The summed E-state index contributed by atoms with van der Waals surface area (Å²) in [5.41, 5.74) is 0.321. The van der Waals surface area contributed by atoms with E-state index in [1.165, 1.54) is 31.5 Å². The number of hydrogen-bond acceptors (Lipinski definition) is 2. The molecule has 1 saturated carbocycles. The molecule has 2 rings (SSSR count). The summed E-state index contributed by atoms with van der Waals surface area (Å²) < 4.78 is 0. The van der Waals surface area contributed by atoms with E-state index in [9.17, 15) is 9.59 Å². The second-order valence-corrected chi connectivity index (χ2v) is 4.94. The summed E-state index contributed by atoms with van der Waals surface area (Å²) in [5, 5.41) is 2.92. The van der Waals surface area contributed by atoms with E-state index in [2.05, 4.69) is 17.2 Å². The number of carbonyl (C=O) groups excluding carboxylic acids is 1. The van der Waals surface area contributed by atoms with Gasteiger partial charge in [0, 0.05) is 18.8 Å². The molecular weight excluding hydrogens is 216 g/mol. The molecule has 1 amide bonds. The van der Waals surface area contributed by atoms with Crippen LogP contribution in [0.15, 0.2) is 23.1 Å². The zero-order valence-electron chi connectivity index (χ0n) is 10.0. The van der Waals surface area contributed by atoms with Gasteiger partial charge in [0.05, 0.1) is 5.56 Å². The number of aromatic amines is 1. The lowest BCUT2D eigenvalue weighted by Crippen LogP contribution is -2.28. The Balaban J connectivity index is 1.85. The summed E-state index contributed by atoms with van der Waals surface area (Å²) in [7, 11) is 0. The van der Waals surface area contributed by atoms with Gasteiger partial charge in [-0.05, 0) is 30.7 Å². The van der Waals surface area contributed by atoms with Crippen LogP contribution in [-0.2, 0) is 0 Å². The normalized spacial score (nSPS) is 23.6. The molecule has 92 valence electrons. The van der Waals surface area contributed by atoms with Crippen LogP contribution >= 0.6 is 0 Å². The summed E-state index contributed by atoms with van der Waals surface area (Å²) >= 11 is 0. The minimum absolute atomic E-state index is 0.110. The number of rotatable bonds is 3. The highest BCUT2D eigenvalue weighted by Crippen LogP contribution is 2.29. The van der Waals surface area contributed by atoms with Crippen molar-refractivity contribution in [2.24, 2.45) is 11.8 Å². The third kappa shape index (κ3) is 3.19. The van der Waals surface area contributed by atoms with Crippen molar-refractivity contribution < 1.29 is 4.79 Å². The van der Waals surface area contributed by atoms with Crippen molar-refractivity contribution in [3.05, 3.63) is 34.2 Å². The predicted octanol–water partition coefficient (Wildman–Crippen LogP) is 1.54. The minimum Gasteiger partial charge on any atom is -0.352 e. The van der Waals surface area contributed by atoms with Crippen LogP contribution in [0.5, 0.6) is 0 Å². The molecule has 1 heterocycles. The van der Waals surface area contributed by atoms with Crippen LogP contribution in [0, 0.1) is 11.8 Å². The highest BCUT2D eigenvalue weighted by atomic mass is 16.1. The number of pyridine rings is 1. The van der Waals surface area contributed by atoms with Crippen molar-refractivity contribution in [3.8, 4) is 0 Å². The number of carbonyl (C=O) groups is 1. The van der Waals surface area contributed by atoms with E-state index in [0.29, 0.717) is 11.5 Å². The summed E-state index contributed by atoms with van der Waals surface area (Å²) in [6.45, 7) is 2.99. The van der Waals surface area contributed by atoms with Crippen molar-refractivity contribution in [1.29, 1.82) is 0 Å². The van der Waals surface area contributed by atoms with Gasteiger partial charge in [0.25, 0.3) is 5.91 Å². The molecule has 2 atom stereocenters. The first-order valence-electron chi connectivity index (χ1n) is 6.12. The number of hydrogen-bond donors (Lipinski definition) is 2. The number of H-pyrrole nitrogens is 1. The van der Waals surface area contributed by atoms with Gasteiger partial charge in [0.1, 0.15) is 0 Å². The first-order chi connectivity index (χ1) is 8.15. The summed E-state index contributed by atoms with van der Waals surface area (Å²) in [4.78, 5) is 25.1. The lowest BCUT2D eigenvalue weighted by molar-refractivity contribution is 0.0946. The summed E-state index contributed by atoms with van der Waals surface area (Å²) in [5.74, 6) is 1.28. The fraction of sp³-hybridized carbons (Fsp3) is 0.538. The number of aromatic nitrogens is 1. The lowest BCUT2D eigenvalue weighted by Gasteiger charge is -2.10. The molecular formula is C13H18N2O2. The van der Waals surface area contributed by atoms with Crippen LogP contribution in [0.1, 0.15) is 36.5 Å². The van der Waals surface area contributed by atoms with Gasteiger partial charge in [-0.25, -0.2) is 0 Å². The molecule has 0 saturated heterocycles. The van der Waals surface area contributed by atoms with Gasteiger partial charge in [-0.1, -0.05) is 13.3 Å². The Labute approximate surface area is 100 Å². The van der Waals surface area contributed by atoms with Crippen LogP contribution in [0.3, 0.4) is 0 Å². The van der Waals surface area contributed by atoms with Crippen LogP contribution in [0.2, 0.25) is 0 Å². The van der Waals surface area contributed by atoms with Gasteiger partial charge >= 0.3 is 0 Å². The van der Waals surface area contributed by atoms with Crippen molar-refractivity contribution >= 4 is 5.91 Å². The van der Waals surface area contributed by atoms with Crippen LogP contribution in [0.25, 0.3) is 0 Å². The van der Waals surface area contributed by atoms with Gasteiger partial charge in [0.15, 0.2) is 0 Å². The Hall–Kier alpha value is -1.58. The second-order valence-electron chi connectivity index (χ2n) is 4.94. The van der Waals surface area contributed by atoms with E-state index in [4.69, 9.17) is 0 Å². The molecule has 1 aromatic heterocycles. The average molecular weight is 234 g/mol. The molecule has 0 radical (unpaired) electrons. The van der Waals surface area contributed by atoms with Gasteiger partial charge in [-0.15, -0.1) is 0 Å². The molecule has 1 aromatic rings. The third-order valence-corrected chi connectivity index (χ3v) is 3.40. The Morgan fingerprint density at radius 2 is 2.29 bits per heavy atom. The van der Waals surface area contributed by atoms with Crippen LogP contribution < -0.4 is 10.9 Å². The van der Waals surface area contributed by atoms with E-state index < -0.39 is 0 Å². The third-order valence-electron chi connectivity index (χ3n) is 3.40. The average Bonchev–Trinajstić information content (AvgIpc) is 2.73. The van der Waals surface area contributed by atoms with Crippen molar-refractivity contribution in [2.75, 3.05) is 6.54 Å². The van der Waals surface area contributed by atoms with Gasteiger partial charge in [-0.3, -0.25) is 9.59 Å². The highest BCUT2D eigenvalue weighted by Gasteiger charge is 2.21. The van der Waals surface area contributed by atoms with Gasteiger partial charge < -0.3 is 10.3 Å². The lowest BCUT2D eigenvalue weighted by atomic mass is 10.1. The topological polar surface area (TPSA) is 62.0 Å². The van der Waals surface area contributed by atoms with Crippen molar-refractivity contribution in [1.82, 2.24) is 10.3 Å². The maximum Gasteiger partial charge on any atom is 0.252 e. The predicted molar refractivity (Wildman–Crippen MR) is 65.9 cm³/mol. The van der Waals surface area contributed by atoms with Gasteiger partial charge in [0.2, 0.25) is 5.56 Å². The summed E-state index contributed by atoms with van der Waals surface area (Å²) in [6.07, 6.45) is 5.12. The fourth-order valence-corrected chi connectivity index (χ4v) is 2.40. The Morgan fingerprint density at radius 3 is 2.88 bits per heavy atom. The molecule has 1 fully saturated rings. The first kappa shape index (κ1) is 11.9. The van der Waals surface area contributed by atoms with Crippen molar-refractivity contribution in [2.45, 2.75) is 26.2 Å². The Morgan fingerprint density at radius 1 is 1.47 bits per heavy atom. The quantitative estimate of drug-likeness (QED) is 0.833. The Bertz CT molecular complexity index is 432. The van der Waals surface area contributed by atoms with E-state index in [-0.39, 0.29) is 11.5 Å². The van der Waals surface area contributed by atoms with E-state index >= 15 is 0 Å². The molecule has 0 spiro atoms. The standard InChI is InChI=1S/C13H18N2O2/c1-9-2-3-10(6-9)7-15-13(17)11-4-5-12(16)14-8-11/h4-5,8-10H,2-3,6-7H2,1H3,(H,14,16)(H,15,17). The molecule has 0 bridgehead atoms. The van der Waals surface area contributed by atoms with Gasteiger partial charge in [-0.2, -0.15) is 0 Å². The largest absolute Gasteiger partial charge is 0.352 e. The smallest absolute Gasteiger partial charge is 0.252 e. The maximum atomic E-state index is 11.8. The second kappa shape index (κ2) is 5.17. The molecule has 2 N–H and O–H groups in total. The molecule has 0 aliphatic heterocycles. The first-order valence-corrected chi connectivity index (χ1v) is 6.12. The number of nitrogens with one attached hydrogen (secondary N) is 2. The monoisotopic (exact) mass is 234 g/mol. The SMILES string of the molecule is CC1CCC(CNC(=O)c2ccc(=O)[nH]c2)C1.